The van der Waals surface area contributed by atoms with Crippen LogP contribution in [0.1, 0.15) is 77.3 Å². The van der Waals surface area contributed by atoms with E-state index in [2.05, 4.69) is 76.6 Å². The highest BCUT2D eigenvalue weighted by molar-refractivity contribution is 7.85. The van der Waals surface area contributed by atoms with Gasteiger partial charge in [0, 0.05) is 60.3 Å². The molecule has 0 bridgehead atoms. The zero-order chi connectivity index (χ0) is 35.6. The molecule has 0 aliphatic carbocycles. The third kappa shape index (κ3) is 5.64. The topological polar surface area (TPSA) is 128 Å². The Kier molecular flexibility index (Phi) is 8.30. The molecule has 0 spiro atoms. The van der Waals surface area contributed by atoms with Gasteiger partial charge in [-0.1, -0.05) is 32.4 Å². The molecule has 5 heterocycles. The maximum atomic E-state index is 12.3. The number of fused-ring (bicyclic) bond motifs is 1. The minimum Gasteiger partial charge on any atom is -0.344 e. The molecule has 2 amide bonds. The molecule has 260 valence electrons. The Bertz CT molecular complexity index is 2170. The van der Waals surface area contributed by atoms with Crippen molar-refractivity contribution in [1.29, 1.82) is 0 Å². The van der Waals surface area contributed by atoms with Gasteiger partial charge in [-0.25, -0.2) is 4.79 Å². The number of hydroxylamine groups is 2. The van der Waals surface area contributed by atoms with E-state index in [4.69, 9.17) is 4.84 Å². The molecule has 1 fully saturated rings. The summed E-state index contributed by atoms with van der Waals surface area (Å²) in [5, 5.41) is 1.79. The van der Waals surface area contributed by atoms with E-state index in [1.54, 1.807) is 12.1 Å². The number of hydrogen-bond donors (Lipinski definition) is 1. The van der Waals surface area contributed by atoms with E-state index < -0.39 is 33.3 Å². The zero-order valence-electron chi connectivity index (χ0n) is 28.8. The molecule has 0 radical (unpaired) electrons. The predicted octanol–water partition coefficient (Wildman–Crippen LogP) is 5.17. The quantitative estimate of drug-likeness (QED) is 0.133. The monoisotopic (exact) mass is 698 g/mol. The van der Waals surface area contributed by atoms with Gasteiger partial charge in [0.05, 0.1) is 15.7 Å². The fourth-order valence-corrected chi connectivity index (χ4v) is 8.47. The van der Waals surface area contributed by atoms with E-state index in [0.29, 0.717) is 30.9 Å². The average Bonchev–Trinajstić information content (AvgIpc) is 3.58. The molecule has 4 aliphatic heterocycles. The van der Waals surface area contributed by atoms with Crippen molar-refractivity contribution in [3.8, 4) is 0 Å². The Morgan fingerprint density at radius 1 is 0.960 bits per heavy atom. The molecule has 50 heavy (non-hydrogen) atoms. The van der Waals surface area contributed by atoms with Gasteiger partial charge in [-0.3, -0.25) is 14.1 Å². The summed E-state index contributed by atoms with van der Waals surface area (Å²) in [6, 6.07) is 13.4. The number of carbonyl (C=O) groups excluding carboxylic acids is 3. The smallest absolute Gasteiger partial charge is 0.333 e. The summed E-state index contributed by atoms with van der Waals surface area (Å²) in [5.74, 6) is -1.61. The minimum absolute atomic E-state index is 0.0523. The number of aromatic nitrogens is 1. The number of nitrogens with zero attached hydrogens (tertiary/aromatic N) is 4. The first kappa shape index (κ1) is 33.8. The number of unbranched alkanes of at least 4 members (excludes halogenated alkanes) is 2. The number of amides is 2. The molecule has 1 N–H and O–H groups in total. The van der Waals surface area contributed by atoms with Gasteiger partial charge in [-0.15, -0.1) is 5.06 Å². The van der Waals surface area contributed by atoms with Crippen LogP contribution in [0, 0.1) is 0 Å². The summed E-state index contributed by atoms with van der Waals surface area (Å²) >= 11 is 0. The summed E-state index contributed by atoms with van der Waals surface area (Å²) < 4.78 is 38.8. The molecule has 1 saturated heterocycles. The fraction of sp³-hybridized carbons (Fsp3) is 0.395. The first-order valence-electron chi connectivity index (χ1n) is 17.1. The second kappa shape index (κ2) is 12.3. The standard InChI is InChI=1S/C38H41N4O7S/c1-37(2)27-16-14-25-10-9-20-39-22-23-41(36(27)35(25)39)31(37)12-8-11-30-38(3,4)28-24-26(50(46,47)48)15-17-29(28)40(30)21-7-5-6-13-34(45)49-42-32(43)18-19-33(42)44/h8-12,14-17,20,24H,5-7,13,18-19,21-23H2,1-4H3/q+1/p+1. The SMILES string of the molecule is CC1(C)C(/C=C/C=C2\N(CCCCCC(=O)ON3C(=O)CCC3=O)c3ccc(S(=O)(=O)O)cc3C2(C)C)=[N+]2CC[n+]3cccc4ccc1c2c43. The highest BCUT2D eigenvalue weighted by Gasteiger charge is 2.49. The van der Waals surface area contributed by atoms with Crippen molar-refractivity contribution in [2.45, 2.75) is 88.5 Å². The van der Waals surface area contributed by atoms with E-state index in [1.165, 1.54) is 33.9 Å². The van der Waals surface area contributed by atoms with Crippen LogP contribution in [-0.4, -0.2) is 59.2 Å². The maximum Gasteiger partial charge on any atom is 0.333 e. The van der Waals surface area contributed by atoms with Gasteiger partial charge >= 0.3 is 5.97 Å². The van der Waals surface area contributed by atoms with Crippen molar-refractivity contribution in [3.05, 3.63) is 83.7 Å². The van der Waals surface area contributed by atoms with Crippen LogP contribution in [0.5, 0.6) is 0 Å². The zero-order valence-corrected chi connectivity index (χ0v) is 29.6. The molecule has 7 rings (SSSR count). The lowest BCUT2D eigenvalue weighted by Gasteiger charge is -2.27. The average molecular weight is 699 g/mol. The van der Waals surface area contributed by atoms with E-state index in [-0.39, 0.29) is 29.6 Å². The first-order valence-corrected chi connectivity index (χ1v) is 18.6. The van der Waals surface area contributed by atoms with Gasteiger partial charge in [-0.05, 0) is 68.7 Å². The summed E-state index contributed by atoms with van der Waals surface area (Å²) in [5.41, 5.74) is 6.88. The van der Waals surface area contributed by atoms with Gasteiger partial charge in [0.15, 0.2) is 11.9 Å². The van der Waals surface area contributed by atoms with Crippen LogP contribution in [-0.2, 0) is 46.7 Å². The summed E-state index contributed by atoms with van der Waals surface area (Å²) in [6.07, 6.45) is 10.6. The maximum absolute atomic E-state index is 12.3. The third-order valence-corrected chi connectivity index (χ3v) is 11.4. The van der Waals surface area contributed by atoms with Crippen LogP contribution in [0.4, 0.5) is 11.4 Å². The number of benzene rings is 2. The Labute approximate surface area is 291 Å². The number of anilines is 1. The molecule has 0 atom stereocenters. The first-order chi connectivity index (χ1) is 23.7. The van der Waals surface area contributed by atoms with Crippen molar-refractivity contribution in [1.82, 2.24) is 5.06 Å². The van der Waals surface area contributed by atoms with Crippen LogP contribution in [0.3, 0.4) is 0 Å². The fourth-order valence-electron chi connectivity index (χ4n) is 7.96. The molecular formula is C38H42N4O7S+2. The molecule has 0 unspecified atom stereocenters. The second-order valence-corrected chi connectivity index (χ2v) is 15.9. The summed E-state index contributed by atoms with van der Waals surface area (Å²) in [4.78, 5) is 42.9. The van der Waals surface area contributed by atoms with Gasteiger partial charge in [0.1, 0.15) is 0 Å². The Morgan fingerprint density at radius 2 is 1.72 bits per heavy atom. The molecular weight excluding hydrogens is 657 g/mol. The summed E-state index contributed by atoms with van der Waals surface area (Å²) in [6.45, 7) is 11.0. The van der Waals surface area contributed by atoms with Crippen LogP contribution in [0.25, 0.3) is 10.9 Å². The predicted molar refractivity (Wildman–Crippen MR) is 186 cm³/mol. The number of allylic oxidation sites excluding steroid dienone is 4. The van der Waals surface area contributed by atoms with E-state index >= 15 is 0 Å². The molecule has 3 aromatic rings. The van der Waals surface area contributed by atoms with Gasteiger partial charge in [0.2, 0.25) is 13.1 Å². The normalized spacial score (nSPS) is 19.8. The highest BCUT2D eigenvalue weighted by atomic mass is 32.2. The number of rotatable bonds is 10. The van der Waals surface area contributed by atoms with E-state index in [9.17, 15) is 27.4 Å². The molecule has 4 aliphatic rings. The minimum atomic E-state index is -4.40. The van der Waals surface area contributed by atoms with E-state index in [0.717, 1.165) is 30.0 Å². The Hall–Kier alpha value is -4.68. The largest absolute Gasteiger partial charge is 0.344 e. The number of imide groups is 1. The van der Waals surface area contributed by atoms with Gasteiger partial charge in [0.25, 0.3) is 33.1 Å². The molecule has 1 aromatic heterocycles. The van der Waals surface area contributed by atoms with Gasteiger partial charge < -0.3 is 9.74 Å². The molecule has 0 saturated carbocycles. The van der Waals surface area contributed by atoms with Crippen LogP contribution >= 0.6 is 0 Å². The Balaban J connectivity index is 1.14. The number of hydrogen-bond acceptors (Lipinski definition) is 7. The van der Waals surface area contributed by atoms with Crippen molar-refractivity contribution < 1.29 is 41.3 Å². The van der Waals surface area contributed by atoms with Crippen molar-refractivity contribution >= 4 is 55.9 Å². The molecule has 11 nitrogen and oxygen atoms in total. The van der Waals surface area contributed by atoms with Crippen molar-refractivity contribution in [2.24, 2.45) is 0 Å². The summed E-state index contributed by atoms with van der Waals surface area (Å²) in [7, 11) is -4.40. The van der Waals surface area contributed by atoms with Crippen molar-refractivity contribution in [3.63, 3.8) is 0 Å². The number of pyridine rings is 1. The van der Waals surface area contributed by atoms with Crippen LogP contribution < -0.4 is 9.47 Å². The lowest BCUT2D eigenvalue weighted by molar-refractivity contribution is -0.706. The van der Waals surface area contributed by atoms with Gasteiger partial charge in [-0.2, -0.15) is 17.6 Å². The lowest BCUT2D eigenvalue weighted by atomic mass is 9.81. The van der Waals surface area contributed by atoms with Crippen LogP contribution in [0.15, 0.2) is 77.5 Å². The third-order valence-electron chi connectivity index (χ3n) is 10.6. The Morgan fingerprint density at radius 3 is 2.46 bits per heavy atom. The lowest BCUT2D eigenvalue weighted by Crippen LogP contribution is -2.42. The van der Waals surface area contributed by atoms with Crippen molar-refractivity contribution in [2.75, 3.05) is 18.0 Å². The molecule has 2 aromatic carbocycles. The van der Waals surface area contributed by atoms with E-state index in [1.807, 2.05) is 13.8 Å². The highest BCUT2D eigenvalue weighted by Crippen LogP contribution is 2.49. The second-order valence-electron chi connectivity index (χ2n) is 14.5. The molecule has 12 heteroatoms. The number of carbonyl (C=O) groups is 3. The van der Waals surface area contributed by atoms with Crippen LogP contribution in [0.2, 0.25) is 0 Å².